The zero-order chi connectivity index (χ0) is 20.9. The van der Waals surface area contributed by atoms with Crippen molar-refractivity contribution in [2.45, 2.75) is 13.2 Å². The molecule has 1 aromatic heterocycles. The van der Waals surface area contributed by atoms with Gasteiger partial charge >= 0.3 is 0 Å². The fourth-order valence-electron chi connectivity index (χ4n) is 3.45. The van der Waals surface area contributed by atoms with E-state index in [-0.39, 0.29) is 11.7 Å². The van der Waals surface area contributed by atoms with E-state index in [4.69, 9.17) is 16.3 Å². The molecular formula is C23H22ClFN2O2S. The van der Waals surface area contributed by atoms with Crippen molar-refractivity contribution in [3.05, 3.63) is 86.8 Å². The molecule has 0 unspecified atom stereocenters. The van der Waals surface area contributed by atoms with Gasteiger partial charge in [-0.1, -0.05) is 29.8 Å². The van der Waals surface area contributed by atoms with E-state index in [0.29, 0.717) is 30.3 Å². The highest BCUT2D eigenvalue weighted by molar-refractivity contribution is 7.12. The highest BCUT2D eigenvalue weighted by atomic mass is 35.5. The molecule has 3 aromatic rings. The highest BCUT2D eigenvalue weighted by Crippen LogP contribution is 2.21. The van der Waals surface area contributed by atoms with Gasteiger partial charge in [-0.05, 0) is 41.3 Å². The number of rotatable bonds is 6. The quantitative estimate of drug-likeness (QED) is 0.531. The third-order valence-electron chi connectivity index (χ3n) is 5.02. The Kier molecular flexibility index (Phi) is 6.67. The molecule has 2 heterocycles. The van der Waals surface area contributed by atoms with Crippen molar-refractivity contribution in [2.24, 2.45) is 0 Å². The van der Waals surface area contributed by atoms with Crippen LogP contribution in [0.15, 0.2) is 60.0 Å². The van der Waals surface area contributed by atoms with Gasteiger partial charge in [-0.25, -0.2) is 4.39 Å². The summed E-state index contributed by atoms with van der Waals surface area (Å²) in [6.45, 7) is 4.21. The molecule has 0 aliphatic carbocycles. The van der Waals surface area contributed by atoms with Crippen LogP contribution in [0.4, 0.5) is 4.39 Å². The fraction of sp³-hybridized carbons (Fsp3) is 0.261. The van der Waals surface area contributed by atoms with Crippen molar-refractivity contribution in [3.63, 3.8) is 0 Å². The molecule has 7 heteroatoms. The summed E-state index contributed by atoms with van der Waals surface area (Å²) in [7, 11) is 0. The molecule has 1 aliphatic heterocycles. The first kappa shape index (κ1) is 20.8. The van der Waals surface area contributed by atoms with E-state index in [2.05, 4.69) is 11.0 Å². The van der Waals surface area contributed by atoms with E-state index >= 15 is 0 Å². The lowest BCUT2D eigenvalue weighted by Gasteiger charge is -2.34. The molecule has 1 amide bonds. The first-order valence-corrected chi connectivity index (χ1v) is 11.0. The number of halogens is 2. The summed E-state index contributed by atoms with van der Waals surface area (Å²) < 4.78 is 18.9. The topological polar surface area (TPSA) is 32.8 Å². The Morgan fingerprint density at radius 1 is 1.03 bits per heavy atom. The number of ether oxygens (including phenoxy) is 1. The molecule has 4 rings (SSSR count). The summed E-state index contributed by atoms with van der Waals surface area (Å²) in [5, 5.41) is 2.67. The molecule has 1 aliphatic rings. The van der Waals surface area contributed by atoms with E-state index in [1.165, 1.54) is 29.0 Å². The Hall–Kier alpha value is -2.41. The van der Waals surface area contributed by atoms with E-state index in [1.807, 2.05) is 34.5 Å². The average molecular weight is 445 g/mol. The van der Waals surface area contributed by atoms with Gasteiger partial charge in [0, 0.05) is 49.4 Å². The number of hydrogen-bond donors (Lipinski definition) is 0. The minimum Gasteiger partial charge on any atom is -0.489 e. The van der Waals surface area contributed by atoms with Gasteiger partial charge < -0.3 is 9.64 Å². The lowest BCUT2D eigenvalue weighted by atomic mass is 10.2. The van der Waals surface area contributed by atoms with Crippen LogP contribution in [-0.4, -0.2) is 41.9 Å². The summed E-state index contributed by atoms with van der Waals surface area (Å²) in [6, 6.07) is 15.8. The predicted molar refractivity (Wildman–Crippen MR) is 118 cm³/mol. The van der Waals surface area contributed by atoms with E-state index in [0.717, 1.165) is 30.2 Å². The highest BCUT2D eigenvalue weighted by Gasteiger charge is 2.23. The van der Waals surface area contributed by atoms with Crippen LogP contribution in [0.5, 0.6) is 5.75 Å². The minimum atomic E-state index is -0.330. The molecule has 0 radical (unpaired) electrons. The lowest BCUT2D eigenvalue weighted by Crippen LogP contribution is -2.48. The summed E-state index contributed by atoms with van der Waals surface area (Å²) in [6.07, 6.45) is 0. The van der Waals surface area contributed by atoms with Gasteiger partial charge in [-0.15, -0.1) is 11.3 Å². The lowest BCUT2D eigenvalue weighted by molar-refractivity contribution is 0.0633. The molecular weight excluding hydrogens is 423 g/mol. The van der Waals surface area contributed by atoms with Crippen molar-refractivity contribution in [1.29, 1.82) is 0 Å². The Morgan fingerprint density at radius 2 is 1.83 bits per heavy atom. The van der Waals surface area contributed by atoms with Crippen molar-refractivity contribution in [2.75, 3.05) is 26.2 Å². The van der Waals surface area contributed by atoms with Crippen LogP contribution in [-0.2, 0) is 13.2 Å². The van der Waals surface area contributed by atoms with Crippen molar-refractivity contribution < 1.29 is 13.9 Å². The molecule has 0 bridgehead atoms. The monoisotopic (exact) mass is 444 g/mol. The standard InChI is InChI=1S/C23H22ClFN2O2S/c24-19-4-1-3-17(11-19)14-26-7-9-27(10-8-26)23(28)22-12-18(16-30-22)15-29-21-6-2-5-20(25)13-21/h1-6,11-13,16H,7-10,14-15H2. The van der Waals surface area contributed by atoms with Gasteiger partial charge in [0.25, 0.3) is 5.91 Å². The zero-order valence-electron chi connectivity index (χ0n) is 16.4. The number of carbonyl (C=O) groups excluding carboxylic acids is 1. The van der Waals surface area contributed by atoms with Crippen LogP contribution in [0.25, 0.3) is 0 Å². The smallest absolute Gasteiger partial charge is 0.264 e. The van der Waals surface area contributed by atoms with Crippen LogP contribution in [0.1, 0.15) is 20.8 Å². The Labute approximate surface area is 184 Å². The third-order valence-corrected chi connectivity index (χ3v) is 6.22. The van der Waals surface area contributed by atoms with Gasteiger partial charge in [0.05, 0.1) is 4.88 Å². The summed E-state index contributed by atoms with van der Waals surface area (Å²) in [4.78, 5) is 17.8. The Balaban J connectivity index is 1.28. The van der Waals surface area contributed by atoms with Crippen LogP contribution in [0.2, 0.25) is 5.02 Å². The van der Waals surface area contributed by atoms with Gasteiger partial charge in [0.2, 0.25) is 0 Å². The summed E-state index contributed by atoms with van der Waals surface area (Å²) >= 11 is 7.49. The number of piperazine rings is 1. The normalized spacial score (nSPS) is 14.7. The average Bonchev–Trinajstić information content (AvgIpc) is 3.22. The molecule has 0 saturated carbocycles. The number of carbonyl (C=O) groups is 1. The maximum absolute atomic E-state index is 13.2. The van der Waals surface area contributed by atoms with Crippen molar-refractivity contribution in [1.82, 2.24) is 9.80 Å². The predicted octanol–water partition coefficient (Wildman–Crippen LogP) is 5.08. The molecule has 1 fully saturated rings. The number of nitrogens with zero attached hydrogens (tertiary/aromatic N) is 2. The van der Waals surface area contributed by atoms with Crippen molar-refractivity contribution in [3.8, 4) is 5.75 Å². The maximum Gasteiger partial charge on any atom is 0.264 e. The second-order valence-corrected chi connectivity index (χ2v) is 8.61. The molecule has 2 aromatic carbocycles. The summed E-state index contributed by atoms with van der Waals surface area (Å²) in [5.41, 5.74) is 2.09. The van der Waals surface area contributed by atoms with Crippen molar-refractivity contribution >= 4 is 28.8 Å². The summed E-state index contributed by atoms with van der Waals surface area (Å²) in [5.74, 6) is 0.201. The first-order valence-electron chi connectivity index (χ1n) is 9.79. The van der Waals surface area contributed by atoms with Crippen LogP contribution in [0, 0.1) is 5.82 Å². The molecule has 1 saturated heterocycles. The van der Waals surface area contributed by atoms with E-state index < -0.39 is 0 Å². The zero-order valence-corrected chi connectivity index (χ0v) is 18.0. The molecule has 0 N–H and O–H groups in total. The van der Waals surface area contributed by atoms with Gasteiger partial charge in [-0.3, -0.25) is 9.69 Å². The van der Waals surface area contributed by atoms with Crippen LogP contribution < -0.4 is 4.74 Å². The number of benzene rings is 2. The minimum absolute atomic E-state index is 0.0550. The van der Waals surface area contributed by atoms with Gasteiger partial charge in [0.15, 0.2) is 0 Å². The Morgan fingerprint density at radius 3 is 2.60 bits per heavy atom. The molecule has 156 valence electrons. The van der Waals surface area contributed by atoms with E-state index in [1.54, 1.807) is 12.1 Å². The van der Waals surface area contributed by atoms with Crippen LogP contribution in [0.3, 0.4) is 0 Å². The van der Waals surface area contributed by atoms with E-state index in [9.17, 15) is 9.18 Å². The molecule has 30 heavy (non-hydrogen) atoms. The molecule has 0 atom stereocenters. The maximum atomic E-state index is 13.2. The molecule has 0 spiro atoms. The second-order valence-electron chi connectivity index (χ2n) is 7.26. The van der Waals surface area contributed by atoms with Gasteiger partial charge in [-0.2, -0.15) is 0 Å². The third kappa shape index (κ3) is 5.39. The number of amides is 1. The molecule has 4 nitrogen and oxygen atoms in total. The Bertz CT molecular complexity index is 1020. The number of thiophene rings is 1. The second kappa shape index (κ2) is 9.60. The first-order chi connectivity index (χ1) is 14.6. The largest absolute Gasteiger partial charge is 0.489 e. The SMILES string of the molecule is O=C(c1cc(COc2cccc(F)c2)cs1)N1CCN(Cc2cccc(Cl)c2)CC1. The van der Waals surface area contributed by atoms with Crippen LogP contribution >= 0.6 is 22.9 Å². The fourth-order valence-corrected chi connectivity index (χ4v) is 4.52. The number of hydrogen-bond acceptors (Lipinski definition) is 4. The van der Waals surface area contributed by atoms with Gasteiger partial charge in [0.1, 0.15) is 18.2 Å².